The maximum atomic E-state index is 12.6. The first-order valence-electron chi connectivity index (χ1n) is 8.78. The number of anilines is 1. The lowest BCUT2D eigenvalue weighted by molar-refractivity contribution is -0.117. The molecular formula is C21H21N3O3. The minimum absolute atomic E-state index is 0.0595. The van der Waals surface area contributed by atoms with Crippen LogP contribution in [0, 0.1) is 6.92 Å². The third-order valence-corrected chi connectivity index (χ3v) is 4.34. The maximum Gasteiger partial charge on any atom is 0.292 e. The molecule has 0 saturated heterocycles. The van der Waals surface area contributed by atoms with E-state index in [1.807, 2.05) is 24.3 Å². The predicted molar refractivity (Wildman–Crippen MR) is 105 cm³/mol. The number of carbonyl (C=O) groups excluding carboxylic acids is 3. The lowest BCUT2D eigenvalue weighted by Gasteiger charge is -2.07. The fraction of sp³-hybridized carbons (Fsp3) is 0.190. The molecule has 0 unspecified atom stereocenters. The highest BCUT2D eigenvalue weighted by molar-refractivity contribution is 6.45. The van der Waals surface area contributed by atoms with Crippen molar-refractivity contribution in [3.63, 3.8) is 0 Å². The fourth-order valence-corrected chi connectivity index (χ4v) is 2.90. The maximum absolute atomic E-state index is 12.6. The van der Waals surface area contributed by atoms with Crippen LogP contribution in [0.3, 0.4) is 0 Å². The summed E-state index contributed by atoms with van der Waals surface area (Å²) in [6, 6.07) is 14.5. The molecular weight excluding hydrogens is 342 g/mol. The average Bonchev–Trinajstić information content (AvgIpc) is 3.02. The van der Waals surface area contributed by atoms with Crippen molar-refractivity contribution < 1.29 is 14.4 Å². The number of carbonyl (C=O) groups is 3. The van der Waals surface area contributed by atoms with Crippen LogP contribution in [0.5, 0.6) is 0 Å². The van der Waals surface area contributed by atoms with E-state index < -0.39 is 11.7 Å². The zero-order valence-corrected chi connectivity index (χ0v) is 15.3. The third-order valence-electron chi connectivity index (χ3n) is 4.34. The van der Waals surface area contributed by atoms with Gasteiger partial charge in [-0.15, -0.1) is 0 Å². The minimum Gasteiger partial charge on any atom is -0.358 e. The molecule has 0 fully saturated rings. The summed E-state index contributed by atoms with van der Waals surface area (Å²) in [5.74, 6) is -1.27. The van der Waals surface area contributed by atoms with Gasteiger partial charge in [0.2, 0.25) is 5.91 Å². The highest BCUT2D eigenvalue weighted by atomic mass is 16.2. The van der Waals surface area contributed by atoms with Crippen molar-refractivity contribution in [3.05, 3.63) is 65.4 Å². The molecule has 0 radical (unpaired) electrons. The van der Waals surface area contributed by atoms with E-state index in [9.17, 15) is 14.4 Å². The lowest BCUT2D eigenvalue weighted by Crippen LogP contribution is -2.30. The summed E-state index contributed by atoms with van der Waals surface area (Å²) in [6.45, 7) is 3.80. The van der Waals surface area contributed by atoms with E-state index in [0.717, 1.165) is 16.5 Å². The van der Waals surface area contributed by atoms with Crippen molar-refractivity contribution in [1.82, 2.24) is 10.3 Å². The van der Waals surface area contributed by atoms with E-state index in [1.165, 1.54) is 0 Å². The number of aromatic nitrogens is 1. The number of amides is 2. The molecule has 0 saturated carbocycles. The molecule has 0 spiro atoms. The zero-order chi connectivity index (χ0) is 19.4. The molecule has 2 aromatic carbocycles. The summed E-state index contributed by atoms with van der Waals surface area (Å²) in [5, 5.41) is 6.16. The topological polar surface area (TPSA) is 91.1 Å². The normalized spacial score (nSPS) is 10.6. The monoisotopic (exact) mass is 363 g/mol. The van der Waals surface area contributed by atoms with Gasteiger partial charge in [-0.3, -0.25) is 14.4 Å². The summed E-state index contributed by atoms with van der Waals surface area (Å²) in [4.78, 5) is 39.4. The molecule has 0 aliphatic rings. The Morgan fingerprint density at radius 1 is 1.00 bits per heavy atom. The van der Waals surface area contributed by atoms with Gasteiger partial charge in [-0.1, -0.05) is 37.3 Å². The predicted octanol–water partition coefficient (Wildman–Crippen LogP) is 3.32. The third kappa shape index (κ3) is 4.06. The van der Waals surface area contributed by atoms with Crippen molar-refractivity contribution in [2.45, 2.75) is 26.8 Å². The quantitative estimate of drug-likeness (QED) is 0.463. The second-order valence-electron chi connectivity index (χ2n) is 6.28. The molecule has 3 rings (SSSR count). The lowest BCUT2D eigenvalue weighted by atomic mass is 10.1. The first-order valence-corrected chi connectivity index (χ1v) is 8.78. The van der Waals surface area contributed by atoms with Crippen LogP contribution < -0.4 is 10.6 Å². The minimum atomic E-state index is -0.647. The van der Waals surface area contributed by atoms with Gasteiger partial charge in [-0.05, 0) is 30.7 Å². The van der Waals surface area contributed by atoms with Crippen molar-refractivity contribution in [3.8, 4) is 0 Å². The average molecular weight is 363 g/mol. The summed E-state index contributed by atoms with van der Waals surface area (Å²) in [5.41, 5.74) is 3.44. The van der Waals surface area contributed by atoms with Crippen molar-refractivity contribution in [2.24, 2.45) is 0 Å². The Bertz CT molecular complexity index is 1000. The van der Waals surface area contributed by atoms with Crippen molar-refractivity contribution >= 4 is 34.2 Å². The number of Topliss-reactive ketones (excluding diaryl/α,β-unsaturated/α-hetero) is 1. The zero-order valence-electron chi connectivity index (χ0n) is 15.3. The van der Waals surface area contributed by atoms with E-state index in [4.69, 9.17) is 0 Å². The molecule has 1 heterocycles. The number of ketones is 1. The number of para-hydroxylation sites is 1. The largest absolute Gasteiger partial charge is 0.358 e. The molecule has 0 aliphatic carbocycles. The Hall–Kier alpha value is -3.41. The number of aryl methyl sites for hydroxylation is 1. The first kappa shape index (κ1) is 18.4. The second-order valence-corrected chi connectivity index (χ2v) is 6.28. The molecule has 138 valence electrons. The molecule has 0 atom stereocenters. The Kier molecular flexibility index (Phi) is 5.35. The molecule has 2 amide bonds. The van der Waals surface area contributed by atoms with Crippen LogP contribution in [0.2, 0.25) is 0 Å². The van der Waals surface area contributed by atoms with Gasteiger partial charge in [0, 0.05) is 35.2 Å². The van der Waals surface area contributed by atoms with Crippen LogP contribution >= 0.6 is 0 Å². The van der Waals surface area contributed by atoms with Crippen molar-refractivity contribution in [2.75, 3.05) is 5.32 Å². The number of aromatic amines is 1. The van der Waals surface area contributed by atoms with E-state index >= 15 is 0 Å². The molecule has 0 aliphatic heterocycles. The number of rotatable bonds is 6. The second kappa shape index (κ2) is 7.86. The highest BCUT2D eigenvalue weighted by Crippen LogP contribution is 2.22. The van der Waals surface area contributed by atoms with E-state index in [-0.39, 0.29) is 12.5 Å². The van der Waals surface area contributed by atoms with Gasteiger partial charge in [0.05, 0.1) is 5.56 Å². The van der Waals surface area contributed by atoms with Crippen LogP contribution in [0.1, 0.15) is 35.0 Å². The van der Waals surface area contributed by atoms with Crippen molar-refractivity contribution in [1.29, 1.82) is 0 Å². The molecule has 3 aromatic rings. The molecule has 27 heavy (non-hydrogen) atoms. The molecule has 6 nitrogen and oxygen atoms in total. The summed E-state index contributed by atoms with van der Waals surface area (Å²) >= 11 is 0. The van der Waals surface area contributed by atoms with E-state index in [1.54, 1.807) is 38.1 Å². The Balaban J connectivity index is 1.66. The Labute approximate surface area is 157 Å². The number of nitrogens with one attached hydrogen (secondary N) is 3. The Morgan fingerprint density at radius 3 is 2.41 bits per heavy atom. The molecule has 1 aromatic heterocycles. The number of fused-ring (bicyclic) bond motifs is 1. The first-order chi connectivity index (χ1) is 13.0. The van der Waals surface area contributed by atoms with Crippen LogP contribution in [0.4, 0.5) is 5.69 Å². The number of hydrogen-bond acceptors (Lipinski definition) is 3. The van der Waals surface area contributed by atoms with Gasteiger partial charge in [-0.2, -0.15) is 0 Å². The van der Waals surface area contributed by atoms with Crippen LogP contribution in [0.15, 0.2) is 48.5 Å². The van der Waals surface area contributed by atoms with E-state index in [2.05, 4.69) is 15.6 Å². The number of hydrogen-bond donors (Lipinski definition) is 3. The van der Waals surface area contributed by atoms with Crippen LogP contribution in [0.25, 0.3) is 10.9 Å². The van der Waals surface area contributed by atoms with E-state index in [0.29, 0.717) is 23.4 Å². The van der Waals surface area contributed by atoms with Gasteiger partial charge in [0.25, 0.3) is 11.7 Å². The van der Waals surface area contributed by atoms with Gasteiger partial charge in [0.1, 0.15) is 0 Å². The SMILES string of the molecule is CCC(=O)Nc1ccc(CNC(=O)C(=O)c2c(C)[nH]c3ccccc23)cc1. The van der Waals surface area contributed by atoms with Gasteiger partial charge < -0.3 is 15.6 Å². The van der Waals surface area contributed by atoms with Gasteiger partial charge in [0.15, 0.2) is 0 Å². The summed E-state index contributed by atoms with van der Waals surface area (Å²) < 4.78 is 0. The Morgan fingerprint density at radius 2 is 1.70 bits per heavy atom. The van der Waals surface area contributed by atoms with Crippen LogP contribution in [-0.2, 0) is 16.1 Å². The fourth-order valence-electron chi connectivity index (χ4n) is 2.90. The highest BCUT2D eigenvalue weighted by Gasteiger charge is 2.22. The van der Waals surface area contributed by atoms with Gasteiger partial charge >= 0.3 is 0 Å². The summed E-state index contributed by atoms with van der Waals surface area (Å²) in [7, 11) is 0. The molecule has 0 bridgehead atoms. The molecule has 3 N–H and O–H groups in total. The smallest absolute Gasteiger partial charge is 0.292 e. The number of H-pyrrole nitrogens is 1. The van der Waals surface area contributed by atoms with Crippen LogP contribution in [-0.4, -0.2) is 22.6 Å². The summed E-state index contributed by atoms with van der Waals surface area (Å²) in [6.07, 6.45) is 0.410. The van der Waals surface area contributed by atoms with Gasteiger partial charge in [-0.25, -0.2) is 0 Å². The number of benzene rings is 2. The molecule has 6 heteroatoms. The standard InChI is InChI=1S/C21H21N3O3/c1-3-18(25)24-15-10-8-14(9-11-15)12-22-21(27)20(26)19-13(2)23-17-7-5-4-6-16(17)19/h4-11,23H,3,12H2,1-2H3,(H,22,27)(H,24,25).